The lowest BCUT2D eigenvalue weighted by Crippen LogP contribution is -2.52. The van der Waals surface area contributed by atoms with E-state index in [1.807, 2.05) is 12.1 Å². The summed E-state index contributed by atoms with van der Waals surface area (Å²) in [6, 6.07) is 5.43. The first-order valence-corrected chi connectivity index (χ1v) is 7.45. The largest absolute Gasteiger partial charge is 0.393 e. The third kappa shape index (κ3) is 2.42. The van der Waals surface area contributed by atoms with Crippen molar-refractivity contribution >= 4 is 27.5 Å². The van der Waals surface area contributed by atoms with Gasteiger partial charge in [0.25, 0.3) is 5.91 Å². The average Bonchev–Trinajstić information content (AvgIpc) is 2.94. The van der Waals surface area contributed by atoms with Crippen LogP contribution in [0, 0.1) is 0 Å². The lowest BCUT2D eigenvalue weighted by atomic mass is 9.93. The number of fused-ring (bicyclic) bond motifs is 1. The van der Waals surface area contributed by atoms with E-state index >= 15 is 0 Å². The maximum atomic E-state index is 12.5. The molecule has 2 heterocycles. The van der Waals surface area contributed by atoms with Crippen LogP contribution in [0.25, 0.3) is 10.2 Å². The molecule has 1 amide bonds. The highest BCUT2D eigenvalue weighted by atomic mass is 32.1. The number of carbonyl (C=O) groups is 1. The number of amides is 1. The number of aliphatic hydroxyl groups is 2. The van der Waals surface area contributed by atoms with E-state index in [4.69, 9.17) is 0 Å². The van der Waals surface area contributed by atoms with Gasteiger partial charge in [0.15, 0.2) is 0 Å². The van der Waals surface area contributed by atoms with E-state index in [2.05, 4.69) is 4.98 Å². The minimum atomic E-state index is -1.16. The van der Waals surface area contributed by atoms with Gasteiger partial charge < -0.3 is 15.1 Å². The van der Waals surface area contributed by atoms with Crippen molar-refractivity contribution in [2.45, 2.75) is 18.4 Å². The summed E-state index contributed by atoms with van der Waals surface area (Å²) in [6.45, 7) is 0.482. The molecule has 1 saturated heterocycles. The van der Waals surface area contributed by atoms with Crippen LogP contribution in [0.15, 0.2) is 23.7 Å². The minimum Gasteiger partial charge on any atom is -0.393 e. The Kier molecular flexibility index (Phi) is 3.45. The molecule has 1 aromatic heterocycles. The Morgan fingerprint density at radius 2 is 2.35 bits per heavy atom. The van der Waals surface area contributed by atoms with E-state index in [1.165, 1.54) is 11.3 Å². The Bertz CT molecular complexity index is 642. The number of carbonyl (C=O) groups excluding carboxylic acids is 1. The zero-order valence-corrected chi connectivity index (χ0v) is 11.8. The average molecular weight is 292 g/mol. The summed E-state index contributed by atoms with van der Waals surface area (Å²) < 4.78 is 0.977. The zero-order valence-electron chi connectivity index (χ0n) is 11.0. The molecule has 106 valence electrons. The fraction of sp³-hybridized carbons (Fsp3) is 0.429. The van der Waals surface area contributed by atoms with Crippen molar-refractivity contribution in [1.29, 1.82) is 0 Å². The topological polar surface area (TPSA) is 73.7 Å². The Hall–Kier alpha value is -1.50. The maximum absolute atomic E-state index is 12.5. The van der Waals surface area contributed by atoms with Gasteiger partial charge in [-0.25, -0.2) is 4.98 Å². The molecule has 3 rings (SSSR count). The molecule has 0 radical (unpaired) electrons. The highest BCUT2D eigenvalue weighted by molar-refractivity contribution is 7.16. The second-order valence-corrected chi connectivity index (χ2v) is 6.13. The van der Waals surface area contributed by atoms with Crippen LogP contribution in [-0.4, -0.2) is 51.3 Å². The zero-order chi connectivity index (χ0) is 14.2. The van der Waals surface area contributed by atoms with Gasteiger partial charge in [0, 0.05) is 12.1 Å². The lowest BCUT2D eigenvalue weighted by molar-refractivity contribution is -0.0598. The minimum absolute atomic E-state index is 0.105. The molecule has 2 N–H and O–H groups in total. The van der Waals surface area contributed by atoms with Crippen LogP contribution in [0.5, 0.6) is 0 Å². The number of hydrogen-bond donors (Lipinski definition) is 2. The van der Waals surface area contributed by atoms with Gasteiger partial charge in [0.05, 0.1) is 28.9 Å². The van der Waals surface area contributed by atoms with Gasteiger partial charge in [-0.05, 0) is 31.0 Å². The molecule has 0 aliphatic carbocycles. The van der Waals surface area contributed by atoms with Gasteiger partial charge in [-0.3, -0.25) is 4.79 Å². The fourth-order valence-electron chi connectivity index (χ4n) is 2.59. The number of aromatic nitrogens is 1. The summed E-state index contributed by atoms with van der Waals surface area (Å²) in [5.41, 5.74) is 2.08. The van der Waals surface area contributed by atoms with Crippen LogP contribution in [0.4, 0.5) is 0 Å². The number of likely N-dealkylation sites (tertiary alicyclic amines) is 1. The smallest absolute Gasteiger partial charge is 0.254 e. The van der Waals surface area contributed by atoms with Crippen LogP contribution < -0.4 is 0 Å². The van der Waals surface area contributed by atoms with E-state index in [-0.39, 0.29) is 19.1 Å². The summed E-state index contributed by atoms with van der Waals surface area (Å²) in [7, 11) is 0. The quantitative estimate of drug-likeness (QED) is 0.874. The van der Waals surface area contributed by atoms with Crippen LogP contribution in [0.1, 0.15) is 23.2 Å². The molecule has 0 saturated carbocycles. The Labute approximate surface area is 120 Å². The number of hydrogen-bond acceptors (Lipinski definition) is 5. The summed E-state index contributed by atoms with van der Waals surface area (Å²) in [5.74, 6) is -0.105. The van der Waals surface area contributed by atoms with E-state index in [1.54, 1.807) is 16.5 Å². The lowest BCUT2D eigenvalue weighted by Gasteiger charge is -2.38. The maximum Gasteiger partial charge on any atom is 0.254 e. The fourth-order valence-corrected chi connectivity index (χ4v) is 3.30. The van der Waals surface area contributed by atoms with Crippen LogP contribution in [0.3, 0.4) is 0 Å². The van der Waals surface area contributed by atoms with Crippen molar-refractivity contribution in [3.63, 3.8) is 0 Å². The molecule has 0 spiro atoms. The Morgan fingerprint density at radius 1 is 1.50 bits per heavy atom. The molecular weight excluding hydrogens is 276 g/mol. The second kappa shape index (κ2) is 5.12. The van der Waals surface area contributed by atoms with E-state index in [0.717, 1.165) is 10.2 Å². The highest BCUT2D eigenvalue weighted by Gasteiger charge is 2.34. The molecule has 1 aliphatic heterocycles. The second-order valence-electron chi connectivity index (χ2n) is 5.25. The summed E-state index contributed by atoms with van der Waals surface area (Å²) in [6.07, 6.45) is 1.23. The van der Waals surface area contributed by atoms with Gasteiger partial charge >= 0.3 is 0 Å². The first kappa shape index (κ1) is 13.5. The van der Waals surface area contributed by atoms with Crippen molar-refractivity contribution < 1.29 is 15.0 Å². The molecule has 1 unspecified atom stereocenters. The number of rotatable bonds is 2. The van der Waals surface area contributed by atoms with E-state index in [9.17, 15) is 15.0 Å². The first-order chi connectivity index (χ1) is 9.61. The van der Waals surface area contributed by atoms with Gasteiger partial charge in [-0.2, -0.15) is 0 Å². The molecule has 1 aromatic carbocycles. The van der Waals surface area contributed by atoms with E-state index < -0.39 is 5.60 Å². The SMILES string of the molecule is O=C(c1ccc2ncsc2c1)N1CCCC(O)(CO)C1. The molecule has 2 aromatic rings. The summed E-state index contributed by atoms with van der Waals surface area (Å²) in [5, 5.41) is 19.4. The number of nitrogens with zero attached hydrogens (tertiary/aromatic N) is 2. The third-order valence-corrected chi connectivity index (χ3v) is 4.51. The van der Waals surface area contributed by atoms with Gasteiger partial charge in [-0.15, -0.1) is 11.3 Å². The molecule has 6 heteroatoms. The first-order valence-electron chi connectivity index (χ1n) is 6.57. The van der Waals surface area contributed by atoms with E-state index in [0.29, 0.717) is 24.9 Å². The summed E-state index contributed by atoms with van der Waals surface area (Å²) >= 11 is 1.50. The predicted molar refractivity (Wildman–Crippen MR) is 76.8 cm³/mol. The molecule has 1 atom stereocenters. The van der Waals surface area contributed by atoms with Crippen molar-refractivity contribution in [3.05, 3.63) is 29.3 Å². The number of β-amino-alcohol motifs (C(OH)–C–C–N with tert-alkyl or cyclic N) is 1. The molecule has 0 bridgehead atoms. The van der Waals surface area contributed by atoms with Gasteiger partial charge in [-0.1, -0.05) is 0 Å². The van der Waals surface area contributed by atoms with Gasteiger partial charge in [0.1, 0.15) is 5.60 Å². The predicted octanol–water partition coefficient (Wildman–Crippen LogP) is 1.26. The Balaban J connectivity index is 1.84. The number of piperidine rings is 1. The van der Waals surface area contributed by atoms with Crippen LogP contribution in [0.2, 0.25) is 0 Å². The third-order valence-electron chi connectivity index (χ3n) is 3.72. The number of benzene rings is 1. The summed E-state index contributed by atoms with van der Waals surface area (Å²) in [4.78, 5) is 18.3. The highest BCUT2D eigenvalue weighted by Crippen LogP contribution is 2.24. The molecule has 20 heavy (non-hydrogen) atoms. The number of aliphatic hydroxyl groups excluding tert-OH is 1. The molecular formula is C14H16N2O3S. The molecule has 1 fully saturated rings. The molecule has 5 nitrogen and oxygen atoms in total. The van der Waals surface area contributed by atoms with Crippen LogP contribution in [-0.2, 0) is 0 Å². The van der Waals surface area contributed by atoms with Crippen molar-refractivity contribution in [1.82, 2.24) is 9.88 Å². The standard InChI is InChI=1S/C14H16N2O3S/c17-8-14(19)4-1-5-16(7-14)13(18)10-2-3-11-12(6-10)20-9-15-11/h2-3,6,9,17,19H,1,4-5,7-8H2. The van der Waals surface area contributed by atoms with Gasteiger partial charge in [0.2, 0.25) is 0 Å². The monoisotopic (exact) mass is 292 g/mol. The van der Waals surface area contributed by atoms with Crippen molar-refractivity contribution in [2.24, 2.45) is 0 Å². The van der Waals surface area contributed by atoms with Crippen molar-refractivity contribution in [3.8, 4) is 0 Å². The van der Waals surface area contributed by atoms with Crippen molar-refractivity contribution in [2.75, 3.05) is 19.7 Å². The number of thiazole rings is 1. The Morgan fingerprint density at radius 3 is 3.15 bits per heavy atom. The van der Waals surface area contributed by atoms with Crippen LogP contribution >= 0.6 is 11.3 Å². The normalized spacial score (nSPS) is 23.2. The molecule has 1 aliphatic rings.